The molecule has 0 N–H and O–H groups in total. The van der Waals surface area contributed by atoms with E-state index in [2.05, 4.69) is 27.7 Å². The van der Waals surface area contributed by atoms with Gasteiger partial charge in [-0.1, -0.05) is 34.1 Å². The lowest BCUT2D eigenvalue weighted by Gasteiger charge is -2.32. The lowest BCUT2D eigenvalue weighted by atomic mass is 9.85. The molecule has 0 aromatic carbocycles. The summed E-state index contributed by atoms with van der Waals surface area (Å²) >= 11 is 0. The molecule has 1 aliphatic carbocycles. The molecule has 0 aromatic heterocycles. The molecule has 2 nitrogen and oxygen atoms in total. The normalized spacial score (nSPS) is 24.6. The van der Waals surface area contributed by atoms with Gasteiger partial charge in [-0.25, -0.2) is 0 Å². The highest BCUT2D eigenvalue weighted by molar-refractivity contribution is 4.91. The summed E-state index contributed by atoms with van der Waals surface area (Å²) in [6, 6.07) is 0. The van der Waals surface area contributed by atoms with E-state index in [1.165, 1.54) is 0 Å². The molecule has 168 valence electrons. The third-order valence-corrected chi connectivity index (χ3v) is 6.14. The van der Waals surface area contributed by atoms with Crippen LogP contribution in [0.2, 0.25) is 0 Å². The van der Waals surface area contributed by atoms with Gasteiger partial charge in [0.25, 0.3) is 0 Å². The minimum absolute atomic E-state index is 0.0153. The van der Waals surface area contributed by atoms with E-state index < -0.39 is 31.4 Å². The average molecular weight is 420 g/mol. The summed E-state index contributed by atoms with van der Waals surface area (Å²) in [5, 5.41) is 0. The first-order valence-corrected chi connectivity index (χ1v) is 10.0. The van der Waals surface area contributed by atoms with Crippen molar-refractivity contribution >= 4 is 0 Å². The van der Waals surface area contributed by atoms with Crippen LogP contribution in [-0.2, 0) is 9.47 Å². The van der Waals surface area contributed by atoms with Crippen LogP contribution in [0.25, 0.3) is 0 Å². The Kier molecular flexibility index (Phi) is 9.12. The summed E-state index contributed by atoms with van der Waals surface area (Å²) in [7, 11) is 0. The molecular weight excluding hydrogens is 386 g/mol. The van der Waals surface area contributed by atoms with Crippen LogP contribution in [0.5, 0.6) is 0 Å². The van der Waals surface area contributed by atoms with Crippen LogP contribution in [-0.4, -0.2) is 31.4 Å². The molecule has 1 rings (SSSR count). The van der Waals surface area contributed by atoms with E-state index in [9.17, 15) is 26.3 Å². The van der Waals surface area contributed by atoms with Crippen LogP contribution in [0.15, 0.2) is 0 Å². The quantitative estimate of drug-likeness (QED) is 0.250. The average Bonchev–Trinajstić information content (AvgIpc) is 3.11. The SMILES string of the molecule is CC(C)C(CCCC(C)(OCC(F)(F)F)OCC(F)(F)F)CCC1C(C)[C@H]1C. The van der Waals surface area contributed by atoms with Crippen molar-refractivity contribution in [1.29, 1.82) is 0 Å². The maximum Gasteiger partial charge on any atom is 0.411 e. The van der Waals surface area contributed by atoms with Crippen molar-refractivity contribution in [2.45, 2.75) is 84.9 Å². The Morgan fingerprint density at radius 3 is 1.64 bits per heavy atom. The van der Waals surface area contributed by atoms with E-state index in [0.717, 1.165) is 43.9 Å². The zero-order valence-electron chi connectivity index (χ0n) is 17.4. The molecule has 0 saturated heterocycles. The fourth-order valence-electron chi connectivity index (χ4n) is 3.85. The van der Waals surface area contributed by atoms with Crippen molar-refractivity contribution in [3.05, 3.63) is 0 Å². The smallest absolute Gasteiger partial charge is 0.341 e. The minimum Gasteiger partial charge on any atom is -0.341 e. The van der Waals surface area contributed by atoms with E-state index in [0.29, 0.717) is 18.3 Å². The van der Waals surface area contributed by atoms with Gasteiger partial charge in [0.2, 0.25) is 0 Å². The maximum atomic E-state index is 12.5. The topological polar surface area (TPSA) is 18.5 Å². The summed E-state index contributed by atoms with van der Waals surface area (Å²) in [5.74, 6) is 1.09. The number of hydrogen-bond acceptors (Lipinski definition) is 2. The van der Waals surface area contributed by atoms with Crippen LogP contribution < -0.4 is 0 Å². The summed E-state index contributed by atoms with van der Waals surface area (Å²) in [4.78, 5) is 0. The predicted molar refractivity (Wildman–Crippen MR) is 95.7 cm³/mol. The van der Waals surface area contributed by atoms with E-state index in [4.69, 9.17) is 9.47 Å². The van der Waals surface area contributed by atoms with Gasteiger partial charge in [-0.2, -0.15) is 26.3 Å². The van der Waals surface area contributed by atoms with Crippen LogP contribution in [0.3, 0.4) is 0 Å². The molecule has 1 fully saturated rings. The van der Waals surface area contributed by atoms with Gasteiger partial charge < -0.3 is 9.47 Å². The van der Waals surface area contributed by atoms with Crippen molar-refractivity contribution < 1.29 is 35.8 Å². The standard InChI is InChI=1S/C20H34F6O2/c1-13(2)16(8-9-17-14(3)15(17)4)7-6-10-18(5,27-11-19(21,22)23)28-12-20(24,25)26/h13-17H,6-12H2,1-5H3/t14-,15?,16?,17?/m1/s1. The molecule has 0 aromatic rings. The van der Waals surface area contributed by atoms with Gasteiger partial charge in [-0.05, 0) is 55.8 Å². The lowest BCUT2D eigenvalue weighted by Crippen LogP contribution is -2.39. The van der Waals surface area contributed by atoms with Gasteiger partial charge >= 0.3 is 12.4 Å². The monoisotopic (exact) mass is 420 g/mol. The number of halogens is 6. The largest absolute Gasteiger partial charge is 0.411 e. The Hall–Kier alpha value is -0.500. The van der Waals surface area contributed by atoms with Gasteiger partial charge in [0.1, 0.15) is 13.2 Å². The van der Waals surface area contributed by atoms with Gasteiger partial charge in [-0.15, -0.1) is 0 Å². The minimum atomic E-state index is -4.62. The van der Waals surface area contributed by atoms with E-state index in [-0.39, 0.29) is 6.42 Å². The van der Waals surface area contributed by atoms with Gasteiger partial charge in [0.05, 0.1) is 0 Å². The number of ether oxygens (including phenoxy) is 2. The first-order valence-electron chi connectivity index (χ1n) is 10.0. The Labute approximate surface area is 164 Å². The van der Waals surface area contributed by atoms with Crippen molar-refractivity contribution in [2.24, 2.45) is 29.6 Å². The first-order chi connectivity index (χ1) is 12.6. The summed E-state index contributed by atoms with van der Waals surface area (Å²) in [6.07, 6.45) is -5.93. The van der Waals surface area contributed by atoms with Gasteiger partial charge in [-0.3, -0.25) is 0 Å². The highest BCUT2D eigenvalue weighted by atomic mass is 19.4. The van der Waals surface area contributed by atoms with Gasteiger partial charge in [0.15, 0.2) is 5.79 Å². The molecule has 1 saturated carbocycles. The van der Waals surface area contributed by atoms with E-state index in [1.807, 2.05) is 0 Å². The third-order valence-electron chi connectivity index (χ3n) is 6.14. The van der Waals surface area contributed by atoms with Crippen molar-refractivity contribution in [3.63, 3.8) is 0 Å². The molecule has 0 spiro atoms. The maximum absolute atomic E-state index is 12.5. The molecule has 28 heavy (non-hydrogen) atoms. The fraction of sp³-hybridized carbons (Fsp3) is 1.00. The second kappa shape index (κ2) is 10.0. The molecule has 0 aliphatic heterocycles. The third kappa shape index (κ3) is 9.81. The highest BCUT2D eigenvalue weighted by Gasteiger charge is 2.42. The molecule has 3 unspecified atom stereocenters. The molecule has 8 heteroatoms. The summed E-state index contributed by atoms with van der Waals surface area (Å²) in [6.45, 7) is 6.57. The molecule has 0 radical (unpaired) electrons. The molecule has 4 atom stereocenters. The van der Waals surface area contributed by atoms with Crippen molar-refractivity contribution in [3.8, 4) is 0 Å². The summed E-state index contributed by atoms with van der Waals surface area (Å²) in [5.41, 5.74) is 0. The number of hydrogen-bond donors (Lipinski definition) is 0. The predicted octanol–water partition coefficient (Wildman–Crippen LogP) is 6.99. The van der Waals surface area contributed by atoms with Crippen molar-refractivity contribution in [1.82, 2.24) is 0 Å². The molecule has 0 heterocycles. The zero-order valence-corrected chi connectivity index (χ0v) is 17.4. The molecule has 0 bridgehead atoms. The molecular formula is C20H34F6O2. The highest BCUT2D eigenvalue weighted by Crippen LogP contribution is 2.49. The van der Waals surface area contributed by atoms with Crippen LogP contribution >= 0.6 is 0 Å². The Balaban J connectivity index is 2.55. The zero-order chi connectivity index (χ0) is 21.8. The Morgan fingerprint density at radius 2 is 1.29 bits per heavy atom. The van der Waals surface area contributed by atoms with E-state index in [1.54, 1.807) is 0 Å². The van der Waals surface area contributed by atoms with Gasteiger partial charge in [0, 0.05) is 6.42 Å². The Morgan fingerprint density at radius 1 is 0.821 bits per heavy atom. The number of rotatable bonds is 12. The second-order valence-corrected chi connectivity index (χ2v) is 8.80. The number of alkyl halides is 6. The lowest BCUT2D eigenvalue weighted by molar-refractivity contribution is -0.306. The van der Waals surface area contributed by atoms with Crippen LogP contribution in [0.1, 0.15) is 66.7 Å². The first kappa shape index (κ1) is 25.5. The fourth-order valence-corrected chi connectivity index (χ4v) is 3.85. The van der Waals surface area contributed by atoms with Crippen molar-refractivity contribution in [2.75, 3.05) is 13.2 Å². The van der Waals surface area contributed by atoms with Crippen LogP contribution in [0.4, 0.5) is 26.3 Å². The van der Waals surface area contributed by atoms with Crippen LogP contribution in [0, 0.1) is 29.6 Å². The summed E-state index contributed by atoms with van der Waals surface area (Å²) < 4.78 is 84.2. The molecule has 0 amide bonds. The van der Waals surface area contributed by atoms with E-state index >= 15 is 0 Å². The second-order valence-electron chi connectivity index (χ2n) is 8.80. The Bertz CT molecular complexity index is 435. The molecule has 1 aliphatic rings.